The van der Waals surface area contributed by atoms with Crippen LogP contribution in [0.25, 0.3) is 0 Å². The van der Waals surface area contributed by atoms with E-state index in [2.05, 4.69) is 33.8 Å². The van der Waals surface area contributed by atoms with Crippen molar-refractivity contribution >= 4 is 23.0 Å². The maximum Gasteiger partial charge on any atom is 0.430 e. The molecule has 3 aromatic rings. The van der Waals surface area contributed by atoms with E-state index < -0.39 is 23.5 Å². The minimum Gasteiger partial charge on any atom is -0.395 e. The molecule has 0 spiro atoms. The highest BCUT2D eigenvalue weighted by atomic mass is 19.4. The molecule has 4 rings (SSSR count). The lowest BCUT2D eigenvalue weighted by Crippen LogP contribution is -2.27. The fourth-order valence-corrected chi connectivity index (χ4v) is 4.24. The highest BCUT2D eigenvalue weighted by Crippen LogP contribution is 2.32. The molecule has 0 aromatic heterocycles. The number of aryl methyl sites for hydroxylation is 2. The Hall–Kier alpha value is -4.42. The number of hydrogen-bond donors (Lipinski definition) is 3. The number of nitrogens with zero attached hydrogens (tertiary/aromatic N) is 2. The minimum atomic E-state index is -4.85. The first kappa shape index (κ1) is 28.6. The van der Waals surface area contributed by atoms with Crippen LogP contribution in [0.4, 0.5) is 24.5 Å². The first-order valence-corrected chi connectivity index (χ1v) is 12.9. The molecule has 9 heteroatoms. The molecule has 4 N–H and O–H groups in total. The summed E-state index contributed by atoms with van der Waals surface area (Å²) < 4.78 is 39.7. The summed E-state index contributed by atoms with van der Waals surface area (Å²) in [5.74, 6) is -0.236. The van der Waals surface area contributed by atoms with Gasteiger partial charge in [-0.3, -0.25) is 4.79 Å². The largest absolute Gasteiger partial charge is 0.430 e. The topological polar surface area (TPSA) is 103 Å². The molecular weight excluding hydrogens is 515 g/mol. The molecule has 1 atom stereocenters. The third-order valence-electron chi connectivity index (χ3n) is 6.61. The number of allylic oxidation sites excluding steroid dienone is 1. The van der Waals surface area contributed by atoms with Crippen LogP contribution in [0.5, 0.6) is 0 Å². The van der Waals surface area contributed by atoms with Gasteiger partial charge >= 0.3 is 6.18 Å². The zero-order valence-corrected chi connectivity index (χ0v) is 22.2. The third kappa shape index (κ3) is 7.58. The van der Waals surface area contributed by atoms with Gasteiger partial charge in [0.25, 0.3) is 5.91 Å². The van der Waals surface area contributed by atoms with Crippen molar-refractivity contribution in [1.82, 2.24) is 5.32 Å². The molecule has 6 nitrogen and oxygen atoms in total. The number of nitrogens with two attached hydrogens (primary N) is 1. The lowest BCUT2D eigenvalue weighted by molar-refractivity contribution is -0.110. The smallest absolute Gasteiger partial charge is 0.395 e. The van der Waals surface area contributed by atoms with Crippen molar-refractivity contribution in [1.29, 1.82) is 5.26 Å². The lowest BCUT2D eigenvalue weighted by Gasteiger charge is -2.23. The Bertz CT molecular complexity index is 1500. The summed E-state index contributed by atoms with van der Waals surface area (Å²) in [5, 5.41) is 15.5. The summed E-state index contributed by atoms with van der Waals surface area (Å²) in [6.07, 6.45) is -1.97. The van der Waals surface area contributed by atoms with Gasteiger partial charge in [0.2, 0.25) is 0 Å². The molecule has 1 saturated carbocycles. The average Bonchev–Trinajstić information content (AvgIpc) is 3.74. The van der Waals surface area contributed by atoms with Gasteiger partial charge in [-0.25, -0.2) is 4.99 Å². The van der Waals surface area contributed by atoms with Crippen LogP contribution in [-0.2, 0) is 4.79 Å². The van der Waals surface area contributed by atoms with Crippen molar-refractivity contribution in [2.45, 2.75) is 38.9 Å². The standard InChI is InChI=1S/C31H30F3N5O/c1-19-9-10-20(2)26(13-19)29(37-18-21-11-12-21)23-6-4-8-25(15-23)39-30(40)27(16-28(36)31(32,33)34)38-24-7-3-5-22(14-24)17-35/h3-10,13-16,21,29,37H,11-12,18,36H2,1-2H3,(H,39,40). The van der Waals surface area contributed by atoms with Crippen LogP contribution in [-0.4, -0.2) is 24.3 Å². The number of carbonyl (C=O) groups is 1. The third-order valence-corrected chi connectivity index (χ3v) is 6.61. The molecule has 40 heavy (non-hydrogen) atoms. The monoisotopic (exact) mass is 545 g/mol. The summed E-state index contributed by atoms with van der Waals surface area (Å²) in [4.78, 5) is 17.3. The maximum absolute atomic E-state index is 13.2. The van der Waals surface area contributed by atoms with Crippen molar-refractivity contribution in [3.05, 3.63) is 106 Å². The summed E-state index contributed by atoms with van der Waals surface area (Å²) in [6, 6.07) is 21.2. The molecule has 206 valence electrons. The molecule has 0 bridgehead atoms. The molecule has 3 aromatic carbocycles. The molecule has 0 aliphatic heterocycles. The van der Waals surface area contributed by atoms with Gasteiger partial charge in [-0.1, -0.05) is 42.0 Å². The summed E-state index contributed by atoms with van der Waals surface area (Å²) in [5.41, 5.74) is 8.25. The molecule has 1 aliphatic rings. The number of nitrogens with one attached hydrogen (secondary N) is 2. The predicted molar refractivity (Wildman–Crippen MR) is 150 cm³/mol. The Morgan fingerprint density at radius 3 is 2.58 bits per heavy atom. The zero-order chi connectivity index (χ0) is 28.9. The van der Waals surface area contributed by atoms with E-state index >= 15 is 0 Å². The number of aliphatic imine (C=N–C) groups is 1. The summed E-state index contributed by atoms with van der Waals surface area (Å²) >= 11 is 0. The number of hydrogen-bond acceptors (Lipinski definition) is 5. The number of benzene rings is 3. The molecular formula is C31H30F3N5O. The second-order valence-electron chi connectivity index (χ2n) is 9.98. The van der Waals surface area contributed by atoms with E-state index in [4.69, 9.17) is 11.0 Å². The van der Waals surface area contributed by atoms with Gasteiger partial charge in [-0.05, 0) is 92.2 Å². The number of amides is 1. The Balaban J connectivity index is 1.66. The van der Waals surface area contributed by atoms with E-state index in [1.165, 1.54) is 37.1 Å². The van der Waals surface area contributed by atoms with Crippen LogP contribution in [0, 0.1) is 31.1 Å². The van der Waals surface area contributed by atoms with Gasteiger partial charge in [-0.2, -0.15) is 18.4 Å². The van der Waals surface area contributed by atoms with Crippen LogP contribution in [0.15, 0.2) is 83.5 Å². The van der Waals surface area contributed by atoms with Crippen molar-refractivity contribution < 1.29 is 18.0 Å². The van der Waals surface area contributed by atoms with Crippen molar-refractivity contribution in [2.75, 3.05) is 11.9 Å². The van der Waals surface area contributed by atoms with E-state index in [0.29, 0.717) is 17.7 Å². The van der Waals surface area contributed by atoms with Gasteiger partial charge < -0.3 is 16.4 Å². The number of halogens is 3. The van der Waals surface area contributed by atoms with E-state index in [-0.39, 0.29) is 17.3 Å². The average molecular weight is 546 g/mol. The van der Waals surface area contributed by atoms with E-state index in [0.717, 1.165) is 28.8 Å². The number of alkyl halides is 3. The minimum absolute atomic E-state index is 0.139. The second-order valence-corrected chi connectivity index (χ2v) is 9.98. The number of rotatable bonds is 9. The van der Waals surface area contributed by atoms with E-state index in [9.17, 15) is 18.0 Å². The normalized spacial score (nSPS) is 14.9. The van der Waals surface area contributed by atoms with Crippen molar-refractivity contribution in [3.63, 3.8) is 0 Å². The SMILES string of the molecule is Cc1ccc(C)c(C(NCC2CC2)c2cccc(NC(=O)C(C=C(N)C(F)(F)F)=Nc3cccc(C#N)c3)c2)c1. The lowest BCUT2D eigenvalue weighted by atomic mass is 9.93. The van der Waals surface area contributed by atoms with Crippen LogP contribution < -0.4 is 16.4 Å². The molecule has 0 radical (unpaired) electrons. The second kappa shape index (κ2) is 12.2. The van der Waals surface area contributed by atoms with Crippen LogP contribution in [0.1, 0.15) is 46.7 Å². The fourth-order valence-electron chi connectivity index (χ4n) is 4.24. The molecule has 1 unspecified atom stereocenters. The van der Waals surface area contributed by atoms with Gasteiger partial charge in [0.15, 0.2) is 0 Å². The van der Waals surface area contributed by atoms with E-state index in [1.807, 2.05) is 26.0 Å². The Labute approximate surface area is 231 Å². The van der Waals surface area contributed by atoms with E-state index in [1.54, 1.807) is 18.2 Å². The highest BCUT2D eigenvalue weighted by Gasteiger charge is 2.32. The fraction of sp³-hybridized carbons (Fsp3) is 0.258. The van der Waals surface area contributed by atoms with Gasteiger partial charge in [0.05, 0.1) is 23.4 Å². The number of anilines is 1. The number of carbonyl (C=O) groups excluding carboxylic acids is 1. The summed E-state index contributed by atoms with van der Waals surface area (Å²) in [7, 11) is 0. The van der Waals surface area contributed by atoms with Crippen molar-refractivity contribution in [2.24, 2.45) is 16.6 Å². The highest BCUT2D eigenvalue weighted by molar-refractivity contribution is 6.47. The molecule has 0 heterocycles. The predicted octanol–water partition coefficient (Wildman–Crippen LogP) is 6.38. The Morgan fingerprint density at radius 2 is 1.88 bits per heavy atom. The molecule has 1 aliphatic carbocycles. The molecule has 1 fully saturated rings. The first-order valence-electron chi connectivity index (χ1n) is 12.9. The van der Waals surface area contributed by atoms with Gasteiger partial charge in [0, 0.05) is 5.69 Å². The molecule has 1 amide bonds. The quantitative estimate of drug-likeness (QED) is 0.272. The Kier molecular flexibility index (Phi) is 8.70. The number of nitriles is 1. The van der Waals surface area contributed by atoms with Gasteiger partial charge in [0.1, 0.15) is 11.4 Å². The Morgan fingerprint density at radius 1 is 1.12 bits per heavy atom. The van der Waals surface area contributed by atoms with Crippen LogP contribution >= 0.6 is 0 Å². The maximum atomic E-state index is 13.2. The van der Waals surface area contributed by atoms with Crippen LogP contribution in [0.2, 0.25) is 0 Å². The zero-order valence-electron chi connectivity index (χ0n) is 22.2. The molecule has 0 saturated heterocycles. The first-order chi connectivity index (χ1) is 19.0. The van der Waals surface area contributed by atoms with Crippen LogP contribution in [0.3, 0.4) is 0 Å². The van der Waals surface area contributed by atoms with Crippen molar-refractivity contribution in [3.8, 4) is 6.07 Å². The van der Waals surface area contributed by atoms with Gasteiger partial charge in [-0.15, -0.1) is 0 Å². The summed E-state index contributed by atoms with van der Waals surface area (Å²) in [6.45, 7) is 4.94.